The molecule has 0 aliphatic rings. The van der Waals surface area contributed by atoms with E-state index in [1.54, 1.807) is 0 Å². The van der Waals surface area contributed by atoms with Crippen molar-refractivity contribution in [3.8, 4) is 5.75 Å². The Hall–Kier alpha value is -3.27. The summed E-state index contributed by atoms with van der Waals surface area (Å²) in [7, 11) is 0. The molecule has 0 radical (unpaired) electrons. The average molecular weight is 346 g/mol. The number of benzene rings is 3. The first kappa shape index (κ1) is 17.5. The van der Waals surface area contributed by atoms with Gasteiger partial charge in [-0.2, -0.15) is 0 Å². The minimum Gasteiger partial charge on any atom is -0.489 e. The molecule has 3 rings (SSSR count). The lowest BCUT2D eigenvalue weighted by atomic mass is 10.1. The third-order valence-electron chi connectivity index (χ3n) is 4.00. The van der Waals surface area contributed by atoms with Crippen LogP contribution in [0.15, 0.2) is 78.9 Å². The van der Waals surface area contributed by atoms with Gasteiger partial charge in [0.2, 0.25) is 5.91 Å². The summed E-state index contributed by atoms with van der Waals surface area (Å²) in [5.41, 5.74) is 9.45. The van der Waals surface area contributed by atoms with Crippen molar-refractivity contribution in [1.82, 2.24) is 0 Å². The molecule has 3 N–H and O–H groups in total. The van der Waals surface area contributed by atoms with Crippen molar-refractivity contribution in [3.63, 3.8) is 0 Å². The van der Waals surface area contributed by atoms with E-state index in [1.165, 1.54) is 0 Å². The first-order valence-electron chi connectivity index (χ1n) is 8.56. The zero-order valence-electron chi connectivity index (χ0n) is 14.5. The van der Waals surface area contributed by atoms with Crippen LogP contribution in [-0.2, 0) is 24.4 Å². The lowest BCUT2D eigenvalue weighted by Crippen LogP contribution is -2.13. The number of carbonyl (C=O) groups excluding carboxylic acids is 1. The Morgan fingerprint density at radius 1 is 0.808 bits per heavy atom. The van der Waals surface area contributed by atoms with Gasteiger partial charge in [-0.15, -0.1) is 0 Å². The summed E-state index contributed by atoms with van der Waals surface area (Å²) in [5, 5.41) is 3.38. The summed E-state index contributed by atoms with van der Waals surface area (Å²) in [5.74, 6) is 0.528. The molecule has 0 bridgehead atoms. The Morgan fingerprint density at radius 2 is 1.46 bits per heavy atom. The normalized spacial score (nSPS) is 10.3. The van der Waals surface area contributed by atoms with Gasteiger partial charge in [0.25, 0.3) is 0 Å². The zero-order valence-corrected chi connectivity index (χ0v) is 14.5. The first-order valence-corrected chi connectivity index (χ1v) is 8.56. The zero-order chi connectivity index (χ0) is 18.2. The number of anilines is 1. The van der Waals surface area contributed by atoms with Gasteiger partial charge in [0.15, 0.2) is 0 Å². The molecule has 0 saturated carbocycles. The topological polar surface area (TPSA) is 64.4 Å². The summed E-state index contributed by atoms with van der Waals surface area (Å²) < 4.78 is 5.79. The molecule has 1 amide bonds. The van der Waals surface area contributed by atoms with Gasteiger partial charge in [0.05, 0.1) is 6.42 Å². The van der Waals surface area contributed by atoms with Crippen LogP contribution in [0.3, 0.4) is 0 Å². The molecule has 0 atom stereocenters. The Bertz CT molecular complexity index is 828. The summed E-state index contributed by atoms with van der Waals surface area (Å²) in [6.45, 7) is 1.27. The van der Waals surface area contributed by atoms with E-state index in [2.05, 4.69) is 5.32 Å². The highest BCUT2D eigenvalue weighted by molar-refractivity contribution is 5.76. The maximum Gasteiger partial charge on any atom is 0.221 e. The molecule has 3 aromatic carbocycles. The van der Waals surface area contributed by atoms with E-state index in [1.807, 2.05) is 78.9 Å². The van der Waals surface area contributed by atoms with Crippen molar-refractivity contribution in [2.24, 2.45) is 5.73 Å². The van der Waals surface area contributed by atoms with Gasteiger partial charge in [0.1, 0.15) is 12.4 Å². The molecule has 0 aromatic heterocycles. The minimum absolute atomic E-state index is 0.276. The molecule has 26 heavy (non-hydrogen) atoms. The molecule has 0 spiro atoms. The molecule has 0 heterocycles. The Kier molecular flexibility index (Phi) is 5.88. The largest absolute Gasteiger partial charge is 0.489 e. The summed E-state index contributed by atoms with van der Waals surface area (Å²) in [6, 6.07) is 25.9. The van der Waals surface area contributed by atoms with Gasteiger partial charge >= 0.3 is 0 Å². The third kappa shape index (κ3) is 5.38. The molecule has 132 valence electrons. The van der Waals surface area contributed by atoms with Crippen LogP contribution in [0.25, 0.3) is 0 Å². The predicted octanol–water partition coefficient (Wildman–Crippen LogP) is 3.91. The van der Waals surface area contributed by atoms with Gasteiger partial charge in [-0.25, -0.2) is 0 Å². The van der Waals surface area contributed by atoms with Gasteiger partial charge < -0.3 is 15.8 Å². The van der Waals surface area contributed by atoms with Crippen LogP contribution >= 0.6 is 0 Å². The van der Waals surface area contributed by atoms with Crippen LogP contribution in [0.2, 0.25) is 0 Å². The second-order valence-electron chi connectivity index (χ2n) is 6.11. The van der Waals surface area contributed by atoms with Crippen molar-refractivity contribution in [2.45, 2.75) is 19.6 Å². The number of amides is 1. The maximum atomic E-state index is 10.9. The molecular weight excluding hydrogens is 324 g/mol. The van der Waals surface area contributed by atoms with Crippen LogP contribution in [-0.4, -0.2) is 5.91 Å². The highest BCUT2D eigenvalue weighted by atomic mass is 16.5. The molecule has 0 aliphatic heterocycles. The van der Waals surface area contributed by atoms with Crippen molar-refractivity contribution >= 4 is 11.6 Å². The van der Waals surface area contributed by atoms with Crippen LogP contribution < -0.4 is 15.8 Å². The van der Waals surface area contributed by atoms with E-state index in [0.29, 0.717) is 13.2 Å². The summed E-state index contributed by atoms with van der Waals surface area (Å²) >= 11 is 0. The number of hydrogen-bond acceptors (Lipinski definition) is 3. The number of nitrogens with one attached hydrogen (secondary N) is 1. The smallest absolute Gasteiger partial charge is 0.221 e. The Morgan fingerprint density at radius 3 is 2.12 bits per heavy atom. The van der Waals surface area contributed by atoms with Crippen LogP contribution in [0.1, 0.15) is 16.7 Å². The van der Waals surface area contributed by atoms with Crippen molar-refractivity contribution in [3.05, 3.63) is 95.6 Å². The van der Waals surface area contributed by atoms with Gasteiger partial charge in [0, 0.05) is 12.2 Å². The van der Waals surface area contributed by atoms with Gasteiger partial charge in [-0.05, 0) is 41.0 Å². The first-order chi connectivity index (χ1) is 12.7. The van der Waals surface area contributed by atoms with E-state index < -0.39 is 0 Å². The summed E-state index contributed by atoms with van der Waals surface area (Å²) in [6.07, 6.45) is 0.276. The lowest BCUT2D eigenvalue weighted by Gasteiger charge is -2.10. The van der Waals surface area contributed by atoms with Crippen LogP contribution in [0, 0.1) is 0 Å². The second-order valence-corrected chi connectivity index (χ2v) is 6.11. The Balaban J connectivity index is 1.49. The molecule has 0 saturated heterocycles. The highest BCUT2D eigenvalue weighted by Gasteiger charge is 2.00. The van der Waals surface area contributed by atoms with E-state index in [-0.39, 0.29) is 12.3 Å². The van der Waals surface area contributed by atoms with E-state index >= 15 is 0 Å². The molecule has 0 unspecified atom stereocenters. The number of carbonyl (C=O) groups is 1. The molecule has 0 aliphatic carbocycles. The number of nitrogens with two attached hydrogens (primary N) is 1. The maximum absolute atomic E-state index is 10.9. The standard InChI is InChI=1S/C22H22N2O2/c23-22(25)14-17-6-8-18(9-7-17)15-24-20-10-12-21(13-11-20)26-16-19-4-2-1-3-5-19/h1-13,24H,14-16H2,(H2,23,25). The van der Waals surface area contributed by atoms with E-state index in [4.69, 9.17) is 10.5 Å². The fourth-order valence-electron chi connectivity index (χ4n) is 2.59. The number of primary amides is 1. The second kappa shape index (κ2) is 8.72. The summed E-state index contributed by atoms with van der Waals surface area (Å²) in [4.78, 5) is 10.9. The molecule has 4 heteroatoms. The number of hydrogen-bond donors (Lipinski definition) is 2. The SMILES string of the molecule is NC(=O)Cc1ccc(CNc2ccc(OCc3ccccc3)cc2)cc1. The van der Waals surface area contributed by atoms with Crippen molar-refractivity contribution in [1.29, 1.82) is 0 Å². The molecular formula is C22H22N2O2. The van der Waals surface area contributed by atoms with E-state index in [0.717, 1.165) is 28.1 Å². The van der Waals surface area contributed by atoms with Crippen molar-refractivity contribution < 1.29 is 9.53 Å². The highest BCUT2D eigenvalue weighted by Crippen LogP contribution is 2.18. The van der Waals surface area contributed by atoms with Crippen LogP contribution in [0.4, 0.5) is 5.69 Å². The fourth-order valence-corrected chi connectivity index (χ4v) is 2.59. The monoisotopic (exact) mass is 346 g/mol. The minimum atomic E-state index is -0.314. The molecule has 4 nitrogen and oxygen atoms in total. The number of ether oxygens (including phenoxy) is 1. The van der Waals surface area contributed by atoms with Gasteiger partial charge in [-0.1, -0.05) is 54.6 Å². The lowest BCUT2D eigenvalue weighted by molar-refractivity contribution is -0.117. The molecule has 0 fully saturated rings. The average Bonchev–Trinajstić information content (AvgIpc) is 2.67. The number of rotatable bonds is 8. The third-order valence-corrected chi connectivity index (χ3v) is 4.00. The molecule has 3 aromatic rings. The van der Waals surface area contributed by atoms with Crippen LogP contribution in [0.5, 0.6) is 5.75 Å². The fraction of sp³-hybridized carbons (Fsp3) is 0.136. The van der Waals surface area contributed by atoms with Crippen molar-refractivity contribution in [2.75, 3.05) is 5.32 Å². The quantitative estimate of drug-likeness (QED) is 0.650. The van der Waals surface area contributed by atoms with E-state index in [9.17, 15) is 4.79 Å². The Labute approximate surface area is 153 Å². The predicted molar refractivity (Wildman–Crippen MR) is 104 cm³/mol. The van der Waals surface area contributed by atoms with Gasteiger partial charge in [-0.3, -0.25) is 4.79 Å².